The summed E-state index contributed by atoms with van der Waals surface area (Å²) >= 11 is 0. The van der Waals surface area contributed by atoms with Crippen molar-refractivity contribution in [1.29, 1.82) is 0 Å². The average Bonchev–Trinajstić information content (AvgIpc) is 3.35. The molecule has 1 amide bonds. The Labute approximate surface area is 162 Å². The van der Waals surface area contributed by atoms with Crippen molar-refractivity contribution in [2.45, 2.75) is 26.3 Å². The number of carbonyl (C=O) groups excluding carboxylic acids is 1. The van der Waals surface area contributed by atoms with Gasteiger partial charge < -0.3 is 5.32 Å². The number of pyridine rings is 2. The summed E-state index contributed by atoms with van der Waals surface area (Å²) in [5.74, 6) is 0.835. The van der Waals surface area contributed by atoms with Gasteiger partial charge in [0, 0.05) is 12.4 Å². The van der Waals surface area contributed by atoms with E-state index in [0.29, 0.717) is 28.8 Å². The summed E-state index contributed by atoms with van der Waals surface area (Å²) in [6.07, 6.45) is 4.33. The van der Waals surface area contributed by atoms with Crippen LogP contribution in [0.2, 0.25) is 0 Å². The number of aromatic nitrogens is 6. The molecule has 1 atom stereocenters. The van der Waals surface area contributed by atoms with Gasteiger partial charge in [0.25, 0.3) is 5.91 Å². The first kappa shape index (κ1) is 17.8. The molecule has 0 aromatic carbocycles. The molecule has 4 heterocycles. The molecular formula is C20H21N7O. The van der Waals surface area contributed by atoms with Crippen LogP contribution in [0, 0.1) is 5.92 Å². The molecule has 0 aliphatic heterocycles. The van der Waals surface area contributed by atoms with E-state index in [2.05, 4.69) is 44.5 Å². The Morgan fingerprint density at radius 3 is 2.79 bits per heavy atom. The molecule has 8 nitrogen and oxygen atoms in total. The third-order valence-electron chi connectivity index (χ3n) is 4.41. The lowest BCUT2D eigenvalue weighted by Gasteiger charge is -2.18. The fraction of sp³-hybridized carbons (Fsp3) is 0.250. The second-order valence-corrected chi connectivity index (χ2v) is 7.02. The highest BCUT2D eigenvalue weighted by Crippen LogP contribution is 2.22. The summed E-state index contributed by atoms with van der Waals surface area (Å²) in [4.78, 5) is 17.1. The Kier molecular flexibility index (Phi) is 4.84. The molecule has 4 rings (SSSR count). The Morgan fingerprint density at radius 2 is 2.00 bits per heavy atom. The standard InChI is InChI=1S/C20H21N7O/c1-13(2)11-16(19-26-25-18-8-4-6-10-27(18)19)22-20(28)17-12-15(23-24-17)14-7-3-5-9-21-14/h3-10,12-13,16H,11H2,1-2H3,(H,22,28)(H,23,24)/t16-/m1/s1. The molecule has 2 N–H and O–H groups in total. The number of rotatable bonds is 6. The minimum absolute atomic E-state index is 0.243. The van der Waals surface area contributed by atoms with E-state index in [9.17, 15) is 4.79 Å². The molecule has 4 aromatic rings. The molecule has 0 spiro atoms. The minimum atomic E-state index is -0.272. The molecule has 0 radical (unpaired) electrons. The number of nitrogens with zero attached hydrogens (tertiary/aromatic N) is 5. The van der Waals surface area contributed by atoms with E-state index in [1.165, 1.54) is 0 Å². The maximum absolute atomic E-state index is 12.9. The Morgan fingerprint density at radius 1 is 1.14 bits per heavy atom. The maximum atomic E-state index is 12.9. The molecule has 0 fully saturated rings. The first-order valence-electron chi connectivity index (χ1n) is 9.19. The van der Waals surface area contributed by atoms with Gasteiger partial charge in [-0.05, 0) is 42.7 Å². The average molecular weight is 375 g/mol. The van der Waals surface area contributed by atoms with Gasteiger partial charge in [-0.3, -0.25) is 19.3 Å². The highest BCUT2D eigenvalue weighted by molar-refractivity contribution is 5.93. The number of aromatic amines is 1. The highest BCUT2D eigenvalue weighted by Gasteiger charge is 2.23. The van der Waals surface area contributed by atoms with Crippen LogP contribution in [0.4, 0.5) is 0 Å². The van der Waals surface area contributed by atoms with Crippen molar-refractivity contribution in [3.05, 3.63) is 66.4 Å². The van der Waals surface area contributed by atoms with Gasteiger partial charge in [-0.15, -0.1) is 10.2 Å². The fourth-order valence-electron chi connectivity index (χ4n) is 3.12. The van der Waals surface area contributed by atoms with Gasteiger partial charge >= 0.3 is 0 Å². The quantitative estimate of drug-likeness (QED) is 0.539. The van der Waals surface area contributed by atoms with Crippen LogP contribution in [-0.2, 0) is 0 Å². The van der Waals surface area contributed by atoms with E-state index in [1.54, 1.807) is 12.3 Å². The molecule has 0 saturated heterocycles. The molecule has 4 aromatic heterocycles. The predicted molar refractivity (Wildman–Crippen MR) is 104 cm³/mol. The van der Waals surface area contributed by atoms with Crippen molar-refractivity contribution in [2.24, 2.45) is 5.92 Å². The molecule has 0 aliphatic carbocycles. The number of amides is 1. The van der Waals surface area contributed by atoms with Crippen molar-refractivity contribution in [2.75, 3.05) is 0 Å². The van der Waals surface area contributed by atoms with Crippen LogP contribution in [0.15, 0.2) is 54.9 Å². The van der Waals surface area contributed by atoms with Crippen LogP contribution >= 0.6 is 0 Å². The van der Waals surface area contributed by atoms with Crippen LogP contribution in [0.1, 0.15) is 42.6 Å². The van der Waals surface area contributed by atoms with Crippen LogP contribution in [0.5, 0.6) is 0 Å². The number of hydrogen-bond donors (Lipinski definition) is 2. The molecule has 0 saturated carbocycles. The van der Waals surface area contributed by atoms with Gasteiger partial charge in [0.05, 0.1) is 11.7 Å². The normalized spacial score (nSPS) is 12.4. The summed E-state index contributed by atoms with van der Waals surface area (Å²) in [6, 6.07) is 12.7. The smallest absolute Gasteiger partial charge is 0.269 e. The maximum Gasteiger partial charge on any atom is 0.269 e. The molecular weight excluding hydrogens is 354 g/mol. The number of fused-ring (bicyclic) bond motifs is 1. The van der Waals surface area contributed by atoms with E-state index >= 15 is 0 Å². The van der Waals surface area contributed by atoms with Gasteiger partial charge in [0.1, 0.15) is 11.4 Å². The first-order valence-corrected chi connectivity index (χ1v) is 9.19. The van der Waals surface area contributed by atoms with Gasteiger partial charge in [0.2, 0.25) is 0 Å². The number of nitrogens with one attached hydrogen (secondary N) is 2. The molecule has 28 heavy (non-hydrogen) atoms. The molecule has 0 aliphatic rings. The fourth-order valence-corrected chi connectivity index (χ4v) is 3.12. The van der Waals surface area contributed by atoms with E-state index < -0.39 is 0 Å². The van der Waals surface area contributed by atoms with Crippen LogP contribution in [0.25, 0.3) is 17.0 Å². The van der Waals surface area contributed by atoms with E-state index in [4.69, 9.17) is 0 Å². The molecule has 8 heteroatoms. The first-order chi connectivity index (χ1) is 13.6. The van der Waals surface area contributed by atoms with Crippen LogP contribution in [0.3, 0.4) is 0 Å². The van der Waals surface area contributed by atoms with Crippen molar-refractivity contribution < 1.29 is 4.79 Å². The number of H-pyrrole nitrogens is 1. The SMILES string of the molecule is CC(C)C[C@@H](NC(=O)c1cc(-c2ccccn2)n[nH]1)c1nnc2ccccn12. The summed E-state index contributed by atoms with van der Waals surface area (Å²) in [7, 11) is 0. The van der Waals surface area contributed by atoms with Gasteiger partial charge in [-0.1, -0.05) is 26.0 Å². The zero-order valence-corrected chi connectivity index (χ0v) is 15.7. The Balaban J connectivity index is 1.59. The van der Waals surface area contributed by atoms with E-state index in [0.717, 1.165) is 12.1 Å². The topological polar surface area (TPSA) is 101 Å². The lowest BCUT2D eigenvalue weighted by Crippen LogP contribution is -2.31. The number of carbonyl (C=O) groups is 1. The summed E-state index contributed by atoms with van der Waals surface area (Å²) in [6.45, 7) is 4.22. The van der Waals surface area contributed by atoms with Crippen LogP contribution < -0.4 is 5.32 Å². The Hall–Kier alpha value is -3.55. The van der Waals surface area contributed by atoms with Gasteiger partial charge in [-0.25, -0.2) is 0 Å². The largest absolute Gasteiger partial charge is 0.341 e. The van der Waals surface area contributed by atoms with Crippen molar-refractivity contribution in [3.8, 4) is 11.4 Å². The zero-order valence-electron chi connectivity index (χ0n) is 15.7. The third kappa shape index (κ3) is 3.62. The molecule has 142 valence electrons. The van der Waals surface area contributed by atoms with Crippen molar-refractivity contribution >= 4 is 11.6 Å². The second kappa shape index (κ2) is 7.59. The number of hydrogen-bond acceptors (Lipinski definition) is 5. The Bertz CT molecular complexity index is 1080. The van der Waals surface area contributed by atoms with Gasteiger partial charge in [0.15, 0.2) is 11.5 Å². The van der Waals surface area contributed by atoms with Crippen molar-refractivity contribution in [1.82, 2.24) is 35.1 Å². The van der Waals surface area contributed by atoms with E-state index in [1.807, 2.05) is 47.0 Å². The summed E-state index contributed by atoms with van der Waals surface area (Å²) in [5, 5.41) is 18.6. The zero-order chi connectivity index (χ0) is 19.5. The minimum Gasteiger partial charge on any atom is -0.341 e. The monoisotopic (exact) mass is 375 g/mol. The summed E-state index contributed by atoms with van der Waals surface area (Å²) < 4.78 is 1.90. The second-order valence-electron chi connectivity index (χ2n) is 7.02. The van der Waals surface area contributed by atoms with Crippen molar-refractivity contribution in [3.63, 3.8) is 0 Å². The molecule has 0 unspecified atom stereocenters. The lowest BCUT2D eigenvalue weighted by molar-refractivity contribution is 0.0924. The van der Waals surface area contributed by atoms with E-state index in [-0.39, 0.29) is 11.9 Å². The third-order valence-corrected chi connectivity index (χ3v) is 4.41. The van der Waals surface area contributed by atoms with Crippen LogP contribution in [-0.4, -0.2) is 35.7 Å². The molecule has 0 bridgehead atoms. The predicted octanol–water partition coefficient (Wildman–Crippen LogP) is 3.03. The highest BCUT2D eigenvalue weighted by atomic mass is 16.2. The van der Waals surface area contributed by atoms with Gasteiger partial charge in [-0.2, -0.15) is 5.10 Å². The lowest BCUT2D eigenvalue weighted by atomic mass is 10.0. The summed E-state index contributed by atoms with van der Waals surface area (Å²) in [5.41, 5.74) is 2.46.